The van der Waals surface area contributed by atoms with Crippen molar-refractivity contribution in [3.05, 3.63) is 124 Å². The van der Waals surface area contributed by atoms with Crippen LogP contribution in [-0.4, -0.2) is 287 Å². The maximum Gasteiger partial charge on any atom is 0.415 e. The van der Waals surface area contributed by atoms with Crippen molar-refractivity contribution in [1.82, 2.24) is 25.3 Å². The van der Waals surface area contributed by atoms with Crippen molar-refractivity contribution in [2.45, 2.75) is 106 Å². The van der Waals surface area contributed by atoms with Crippen LogP contribution in [0.3, 0.4) is 0 Å². The molecule has 0 bridgehead atoms. The van der Waals surface area contributed by atoms with Gasteiger partial charge < -0.3 is 122 Å². The van der Waals surface area contributed by atoms with Gasteiger partial charge in [0.05, 0.1) is 113 Å². The quantitative estimate of drug-likeness (QED) is 0.00905. The molecule has 653 valence electrons. The van der Waals surface area contributed by atoms with Gasteiger partial charge in [-0.25, -0.2) is 19.2 Å². The number of alkyl halides is 2. The molecule has 2 fully saturated rings. The third-order valence-corrected chi connectivity index (χ3v) is 22.7. The van der Waals surface area contributed by atoms with Crippen molar-refractivity contribution in [2.75, 3.05) is 160 Å². The minimum atomic E-state index is -1.96. The van der Waals surface area contributed by atoms with Gasteiger partial charge in [-0.05, 0) is 70.5 Å². The number of ketones is 1. The Morgan fingerprint density at radius 2 is 1.17 bits per heavy atom. The number of benzene rings is 5. The average Bonchev–Trinajstić information content (AvgIpc) is 1.61. The minimum absolute atomic E-state index is 0. The number of Topliss-reactive ketones (excluding diaryl/α,β-unsaturated/α-hetero) is 1. The largest absolute Gasteiger partial charge is 0.779 e. The standard InChI is InChI=1S/C82H101Cl2N9O25S2.Y/c1-47(2)69(88-65(95)21-26-109-28-30-111-32-34-113-36-37-114-35-33-112-31-29-110-27-25-91-66(96)41-62(119)75(91)101)59(94)38-49(10-9-22-86-80(85)106)74(100)87-52-17-15-48(16-18-52)46-115-81(107)89(3)23-24-90(4)82(108)117-61-40-58-68(56-14-8-6-12-54(56)61)51(43-84)45-93(58)77(103)64-20-19-63(120-64)76(102)92-44-50(42-83)67-55-13-7-5-11-53(55)60(39-57(67)92)116-79-72(99)70(97)71(98)73(118-79)78(104)105;/h5-8,11-20,39-40,47,49-51,62,69-73,79,97-99,119H,9-10,21-38,41-46H2,1-4H3,(H,87,100)(H,88,95)(H,104,105)(H3,85,86,106);/p-1/t49-,50-,51-,62?,69+,70+,71+,72?,73?,79-;/m1./s1. The summed E-state index contributed by atoms with van der Waals surface area (Å²) in [5.41, 5.74) is 8.50. The summed E-state index contributed by atoms with van der Waals surface area (Å²) in [7, 11) is 2.99. The number of rotatable bonds is 45. The molecule has 10 atom stereocenters. The molecule has 0 aliphatic carbocycles. The van der Waals surface area contributed by atoms with Crippen LogP contribution in [0.15, 0.2) is 97.1 Å². The first kappa shape index (κ1) is 96.5. The minimum Gasteiger partial charge on any atom is -0.779 e. The summed E-state index contributed by atoms with van der Waals surface area (Å²) in [6.07, 6.45) is -10.7. The fourth-order valence-corrected chi connectivity index (χ4v) is 15.8. The Labute approximate surface area is 743 Å². The number of nitrogens with two attached hydrogens (primary N) is 1. The van der Waals surface area contributed by atoms with Gasteiger partial charge in [0.25, 0.3) is 11.8 Å². The van der Waals surface area contributed by atoms with E-state index in [1.54, 1.807) is 92.7 Å². The van der Waals surface area contributed by atoms with E-state index in [0.29, 0.717) is 109 Å². The number of carboxylic acid groups (broad SMARTS) is 1. The number of likely N-dealkylation sites (N-methyl/N-ethyl adjacent to an activating group) is 2. The molecule has 39 heteroatoms. The van der Waals surface area contributed by atoms with E-state index in [1.807, 2.05) is 12.1 Å². The number of anilines is 3. The molecule has 0 saturated carbocycles. The summed E-state index contributed by atoms with van der Waals surface area (Å²) in [6, 6.07) is 25.3. The molecule has 1 aromatic heterocycles. The van der Waals surface area contributed by atoms with Gasteiger partial charge in [-0.2, -0.15) is 0 Å². The molecule has 121 heavy (non-hydrogen) atoms. The molecule has 5 aromatic carbocycles. The maximum absolute atomic E-state index is 14.9. The summed E-state index contributed by atoms with van der Waals surface area (Å²) >= 11 is 19.2. The normalized spacial score (nSPS) is 19.1. The first-order valence-corrected chi connectivity index (χ1v) is 41.6. The molecule has 6 aromatic rings. The van der Waals surface area contributed by atoms with Crippen LogP contribution < -0.4 is 41.0 Å². The number of aliphatic hydroxyl groups excluding tert-OH is 3. The van der Waals surface area contributed by atoms with Crippen molar-refractivity contribution in [3.63, 3.8) is 0 Å². The van der Waals surface area contributed by atoms with E-state index >= 15 is 0 Å². The topological polar surface area (TPSA) is 439 Å². The van der Waals surface area contributed by atoms with E-state index in [9.17, 15) is 73.2 Å². The second-order valence-corrected chi connectivity index (χ2v) is 31.6. The van der Waals surface area contributed by atoms with E-state index in [-0.39, 0.29) is 199 Å². The fourth-order valence-electron chi connectivity index (χ4n) is 14.1. The molecule has 10 amide bonds. The zero-order valence-corrected chi connectivity index (χ0v) is 73.3. The fraction of sp³-hybridized carbons (Fsp3) is 0.500. The number of halogens is 2. The molecule has 4 aliphatic rings. The summed E-state index contributed by atoms with van der Waals surface area (Å²) < 4.78 is 56.3. The van der Waals surface area contributed by atoms with Crippen LogP contribution >= 0.6 is 34.5 Å². The number of hydrogen-bond donors (Lipinski definition) is 8. The van der Waals surface area contributed by atoms with Crippen molar-refractivity contribution in [2.24, 2.45) is 17.6 Å². The van der Waals surface area contributed by atoms with Crippen molar-refractivity contribution < 1.29 is 153 Å². The van der Waals surface area contributed by atoms with Gasteiger partial charge in [0, 0.05) is 157 Å². The molecular weight excluding hydrogens is 1730 g/mol. The second-order valence-electron chi connectivity index (χ2n) is 29.3. The van der Waals surface area contributed by atoms with Crippen LogP contribution in [0.4, 0.5) is 31.4 Å². The van der Waals surface area contributed by atoms with E-state index in [2.05, 4.69) is 16.0 Å². The van der Waals surface area contributed by atoms with Crippen molar-refractivity contribution in [3.8, 4) is 11.5 Å². The third kappa shape index (κ3) is 25.7. The van der Waals surface area contributed by atoms with Gasteiger partial charge in [0.1, 0.15) is 36.4 Å². The number of carboxylic acids is 1. The Hall–Kier alpha value is -8.28. The monoisotopic (exact) mass is 1830 g/mol. The molecule has 3 unspecified atom stereocenters. The van der Waals surface area contributed by atoms with E-state index in [1.165, 1.54) is 39.8 Å². The molecular formula is C82H100Cl2N9O25S2Y-. The van der Waals surface area contributed by atoms with Gasteiger partial charge in [-0.1, -0.05) is 79.8 Å². The Morgan fingerprint density at radius 1 is 0.661 bits per heavy atom. The van der Waals surface area contributed by atoms with Crippen molar-refractivity contribution in [1.29, 1.82) is 0 Å². The Kier molecular flexibility index (Phi) is 37.5. The smallest absolute Gasteiger partial charge is 0.415 e. The number of aliphatic carboxylic acids is 1. The number of aliphatic hydroxyl groups is 3. The molecule has 2 saturated heterocycles. The first-order chi connectivity index (χ1) is 57.7. The Bertz CT molecular complexity index is 4610. The number of carbonyl (C=O) groups excluding carboxylic acids is 10. The number of nitrogens with one attached hydrogen (secondary N) is 3. The molecule has 10 rings (SSSR count). The number of likely N-dealkylation sites (tertiary alicyclic amines) is 1. The van der Waals surface area contributed by atoms with Crippen LogP contribution in [0.25, 0.3) is 21.5 Å². The number of imide groups is 1. The van der Waals surface area contributed by atoms with Gasteiger partial charge in [0.2, 0.25) is 29.9 Å². The number of thiophene rings is 1. The van der Waals surface area contributed by atoms with E-state index < -0.39 is 95.7 Å². The van der Waals surface area contributed by atoms with E-state index in [4.69, 9.17) is 88.9 Å². The zero-order chi connectivity index (χ0) is 86.3. The number of urea groups is 1. The van der Waals surface area contributed by atoms with Crippen LogP contribution in [0.2, 0.25) is 0 Å². The predicted octanol–water partition coefficient (Wildman–Crippen LogP) is 6.26. The van der Waals surface area contributed by atoms with Crippen LogP contribution in [-0.2, 0) is 119 Å². The number of fused-ring (bicyclic) bond motifs is 6. The summed E-state index contributed by atoms with van der Waals surface area (Å²) in [4.78, 5) is 152. The number of ether oxygens (including phenoxy) is 10. The summed E-state index contributed by atoms with van der Waals surface area (Å²) in [5.74, 6) is -5.96. The van der Waals surface area contributed by atoms with E-state index in [0.717, 1.165) is 21.8 Å². The summed E-state index contributed by atoms with van der Waals surface area (Å²) in [6.45, 7) is 7.37. The molecule has 34 nitrogen and oxygen atoms in total. The zero-order valence-electron chi connectivity index (χ0n) is 67.3. The number of nitrogens with zero attached hydrogens (tertiary/aromatic N) is 5. The van der Waals surface area contributed by atoms with Crippen LogP contribution in [0, 0.1) is 11.8 Å². The number of carbonyl (C=O) groups is 11. The third-order valence-electron chi connectivity index (χ3n) is 20.6. The van der Waals surface area contributed by atoms with Gasteiger partial charge >= 0.3 is 24.2 Å². The Balaban J connectivity index is 0.0000166. The molecule has 5 heterocycles. The van der Waals surface area contributed by atoms with Crippen molar-refractivity contribution >= 4 is 151 Å². The Morgan fingerprint density at radius 3 is 1.67 bits per heavy atom. The molecule has 1 radical (unpaired) electrons. The first-order valence-electron chi connectivity index (χ1n) is 39.3. The second kappa shape index (κ2) is 47.0. The molecule has 9 N–H and O–H groups in total. The number of primary amides is 1. The SMILES string of the molecule is CC(C)[C@H](NC(=O)CCOCCOCCOCCOCCOCCOCCN1C(=O)CC([S-])C1=O)C(=O)C[C@@H](CCCNC(N)=O)C(=O)Nc1ccc(COC(=O)N(C)CCN(C)C(=O)Oc2cc3c(c4ccccc24)[C@H](CCl)CN3C(=O)c2ccc(C(=O)N3C[C@@H](CCl)c4c3cc(O[C@@H]3OC(C(=O)O)[C@@H](O)[C@H](O)C3O)c3ccccc43)s2)cc1.[Y]. The maximum atomic E-state index is 14.9. The number of hydrogen-bond acceptors (Lipinski definition) is 26. The molecule has 4 aliphatic heterocycles. The van der Waals surface area contributed by atoms with Crippen LogP contribution in [0.1, 0.15) is 93.8 Å². The number of amides is 10. The van der Waals surface area contributed by atoms with Crippen LogP contribution in [0.5, 0.6) is 11.5 Å². The van der Waals surface area contributed by atoms with Gasteiger partial charge in [-0.3, -0.25) is 38.5 Å². The van der Waals surface area contributed by atoms with Gasteiger partial charge in [-0.15, -0.1) is 34.5 Å². The van der Waals surface area contributed by atoms with Gasteiger partial charge in [0.15, 0.2) is 11.9 Å². The molecule has 0 spiro atoms. The predicted molar refractivity (Wildman–Crippen MR) is 443 cm³/mol. The average molecular weight is 1840 g/mol. The summed E-state index contributed by atoms with van der Waals surface area (Å²) in [5, 5.41) is 51.4.